The molecule has 110 valence electrons. The zero-order valence-corrected chi connectivity index (χ0v) is 13.1. The van der Waals surface area contributed by atoms with Gasteiger partial charge in [0.1, 0.15) is 5.82 Å². The van der Waals surface area contributed by atoms with Crippen LogP contribution < -0.4 is 0 Å². The van der Waals surface area contributed by atoms with Crippen molar-refractivity contribution in [1.29, 1.82) is 0 Å². The number of benzene rings is 2. The van der Waals surface area contributed by atoms with E-state index in [2.05, 4.69) is 15.9 Å². The number of hydrogen-bond donors (Lipinski definition) is 1. The van der Waals surface area contributed by atoms with Gasteiger partial charge in [-0.1, -0.05) is 34.1 Å². The summed E-state index contributed by atoms with van der Waals surface area (Å²) in [6.07, 6.45) is 0. The van der Waals surface area contributed by atoms with Gasteiger partial charge in [0.15, 0.2) is 0 Å². The van der Waals surface area contributed by atoms with Gasteiger partial charge in [-0.3, -0.25) is 4.90 Å². The Morgan fingerprint density at radius 2 is 1.86 bits per heavy atom. The molecule has 21 heavy (non-hydrogen) atoms. The van der Waals surface area contributed by atoms with Crippen molar-refractivity contribution in [2.75, 3.05) is 7.05 Å². The summed E-state index contributed by atoms with van der Waals surface area (Å²) >= 11 is 3.43. The summed E-state index contributed by atoms with van der Waals surface area (Å²) in [5.74, 6) is -1.95. The lowest BCUT2D eigenvalue weighted by molar-refractivity contribution is 0.0692. The highest BCUT2D eigenvalue weighted by Gasteiger charge is 2.11. The zero-order chi connectivity index (χ0) is 15.4. The molecule has 0 aliphatic heterocycles. The number of rotatable bonds is 5. The molecule has 1 N–H and O–H groups in total. The Bertz CT molecular complexity index is 660. The third-order valence-corrected chi connectivity index (χ3v) is 3.55. The zero-order valence-electron chi connectivity index (χ0n) is 11.5. The van der Waals surface area contributed by atoms with Crippen LogP contribution in [0.25, 0.3) is 0 Å². The van der Waals surface area contributed by atoms with E-state index in [1.165, 1.54) is 12.1 Å². The van der Waals surface area contributed by atoms with Crippen LogP contribution in [0.3, 0.4) is 0 Å². The highest BCUT2D eigenvalue weighted by molar-refractivity contribution is 9.10. The maximum Gasteiger partial charge on any atom is 0.338 e. The lowest BCUT2D eigenvalue weighted by Crippen LogP contribution is -2.17. The second-order valence-corrected chi connectivity index (χ2v) is 5.84. The molecule has 5 heteroatoms. The summed E-state index contributed by atoms with van der Waals surface area (Å²) in [5.41, 5.74) is 1.60. The van der Waals surface area contributed by atoms with Crippen LogP contribution in [0.2, 0.25) is 0 Å². The SMILES string of the molecule is CN(Cc1cccc(Br)c1)Cc1ccc(C(=O)O)c(F)c1. The van der Waals surface area contributed by atoms with Crippen molar-refractivity contribution in [1.82, 2.24) is 4.90 Å². The van der Waals surface area contributed by atoms with Crippen molar-refractivity contribution in [2.45, 2.75) is 13.1 Å². The van der Waals surface area contributed by atoms with E-state index >= 15 is 0 Å². The Morgan fingerprint density at radius 3 is 2.43 bits per heavy atom. The average molecular weight is 352 g/mol. The van der Waals surface area contributed by atoms with Crippen LogP contribution in [0.4, 0.5) is 4.39 Å². The van der Waals surface area contributed by atoms with Crippen molar-refractivity contribution in [2.24, 2.45) is 0 Å². The molecule has 0 amide bonds. The Labute approximate surface area is 131 Å². The van der Waals surface area contributed by atoms with Crippen LogP contribution in [0.5, 0.6) is 0 Å². The van der Waals surface area contributed by atoms with Gasteiger partial charge in [-0.05, 0) is 42.4 Å². The average Bonchev–Trinajstić information content (AvgIpc) is 2.38. The highest BCUT2D eigenvalue weighted by Crippen LogP contribution is 2.15. The summed E-state index contributed by atoms with van der Waals surface area (Å²) in [4.78, 5) is 12.8. The van der Waals surface area contributed by atoms with E-state index in [9.17, 15) is 9.18 Å². The van der Waals surface area contributed by atoms with E-state index < -0.39 is 11.8 Å². The smallest absolute Gasteiger partial charge is 0.338 e. The molecule has 0 aliphatic rings. The van der Waals surface area contributed by atoms with E-state index in [-0.39, 0.29) is 5.56 Å². The van der Waals surface area contributed by atoms with Gasteiger partial charge in [0.05, 0.1) is 5.56 Å². The van der Waals surface area contributed by atoms with Gasteiger partial charge in [0.2, 0.25) is 0 Å². The molecule has 0 spiro atoms. The predicted molar refractivity (Wildman–Crippen MR) is 82.7 cm³/mol. The van der Waals surface area contributed by atoms with Gasteiger partial charge in [0, 0.05) is 17.6 Å². The Kier molecular flexibility index (Phi) is 5.09. The molecule has 0 aliphatic carbocycles. The van der Waals surface area contributed by atoms with Gasteiger partial charge in [0.25, 0.3) is 0 Å². The first-order valence-electron chi connectivity index (χ1n) is 6.40. The standard InChI is InChI=1S/C16H15BrFNO2/c1-19(9-11-3-2-4-13(17)7-11)10-12-5-6-14(16(20)21)15(18)8-12/h2-8H,9-10H2,1H3,(H,20,21). The minimum absolute atomic E-state index is 0.298. The van der Waals surface area contributed by atoms with Gasteiger partial charge in [-0.15, -0.1) is 0 Å². The number of hydrogen-bond acceptors (Lipinski definition) is 2. The molecule has 0 saturated heterocycles. The predicted octanol–water partition coefficient (Wildman–Crippen LogP) is 3.92. The summed E-state index contributed by atoms with van der Waals surface area (Å²) in [7, 11) is 1.93. The fraction of sp³-hybridized carbons (Fsp3) is 0.188. The van der Waals surface area contributed by atoms with E-state index in [4.69, 9.17) is 5.11 Å². The Hall–Kier alpha value is -1.72. The highest BCUT2D eigenvalue weighted by atomic mass is 79.9. The Balaban J connectivity index is 2.04. The van der Waals surface area contributed by atoms with Crippen molar-refractivity contribution in [3.63, 3.8) is 0 Å². The van der Waals surface area contributed by atoms with Gasteiger partial charge in [-0.2, -0.15) is 0 Å². The lowest BCUT2D eigenvalue weighted by atomic mass is 10.1. The molecule has 2 aromatic carbocycles. The molecule has 3 nitrogen and oxygen atoms in total. The fourth-order valence-electron chi connectivity index (χ4n) is 2.14. The van der Waals surface area contributed by atoms with Gasteiger partial charge >= 0.3 is 5.97 Å². The van der Waals surface area contributed by atoms with E-state index in [1.54, 1.807) is 6.07 Å². The van der Waals surface area contributed by atoms with Crippen LogP contribution >= 0.6 is 15.9 Å². The number of carbonyl (C=O) groups is 1. The molecule has 2 rings (SSSR count). The fourth-order valence-corrected chi connectivity index (χ4v) is 2.59. The van der Waals surface area contributed by atoms with E-state index in [0.29, 0.717) is 6.54 Å². The summed E-state index contributed by atoms with van der Waals surface area (Å²) in [5, 5.41) is 8.80. The summed E-state index contributed by atoms with van der Waals surface area (Å²) in [6, 6.07) is 12.2. The number of carboxylic acid groups (broad SMARTS) is 1. The molecule has 0 atom stereocenters. The van der Waals surface area contributed by atoms with E-state index in [0.717, 1.165) is 22.1 Å². The second kappa shape index (κ2) is 6.83. The van der Waals surface area contributed by atoms with Crippen molar-refractivity contribution < 1.29 is 14.3 Å². The minimum Gasteiger partial charge on any atom is -0.478 e. The second-order valence-electron chi connectivity index (χ2n) is 4.92. The molecule has 0 bridgehead atoms. The van der Waals surface area contributed by atoms with Crippen LogP contribution in [0.15, 0.2) is 46.9 Å². The van der Waals surface area contributed by atoms with Crippen molar-refractivity contribution >= 4 is 21.9 Å². The molecule has 0 unspecified atom stereocenters. The molecule has 0 radical (unpaired) electrons. The first-order valence-corrected chi connectivity index (χ1v) is 7.19. The summed E-state index contributed by atoms with van der Waals surface area (Å²) < 4.78 is 14.6. The Morgan fingerprint density at radius 1 is 1.19 bits per heavy atom. The monoisotopic (exact) mass is 351 g/mol. The number of carboxylic acids is 1. The van der Waals surface area contributed by atoms with Crippen LogP contribution in [0, 0.1) is 5.82 Å². The van der Waals surface area contributed by atoms with Gasteiger partial charge < -0.3 is 5.11 Å². The topological polar surface area (TPSA) is 40.5 Å². The first-order chi connectivity index (χ1) is 9.95. The number of aromatic carboxylic acids is 1. The molecule has 0 aromatic heterocycles. The molecule has 0 fully saturated rings. The van der Waals surface area contributed by atoms with Crippen molar-refractivity contribution in [3.05, 3.63) is 69.4 Å². The normalized spacial score (nSPS) is 10.9. The molecular weight excluding hydrogens is 337 g/mol. The van der Waals surface area contributed by atoms with Crippen molar-refractivity contribution in [3.8, 4) is 0 Å². The maximum atomic E-state index is 13.6. The largest absolute Gasteiger partial charge is 0.478 e. The van der Waals surface area contributed by atoms with E-state index in [1.807, 2.05) is 36.2 Å². The summed E-state index contributed by atoms with van der Waals surface area (Å²) in [6.45, 7) is 1.27. The third-order valence-electron chi connectivity index (χ3n) is 3.06. The molecule has 2 aromatic rings. The molecule has 0 heterocycles. The number of nitrogens with zero attached hydrogens (tertiary/aromatic N) is 1. The lowest BCUT2D eigenvalue weighted by Gasteiger charge is -2.17. The number of halogens is 2. The molecular formula is C16H15BrFNO2. The van der Waals surface area contributed by atoms with Crippen LogP contribution in [0.1, 0.15) is 21.5 Å². The minimum atomic E-state index is -1.25. The first kappa shape index (κ1) is 15.7. The quantitative estimate of drug-likeness (QED) is 0.887. The van der Waals surface area contributed by atoms with Crippen LogP contribution in [-0.2, 0) is 13.1 Å². The third kappa shape index (κ3) is 4.37. The van der Waals surface area contributed by atoms with Gasteiger partial charge in [-0.25, -0.2) is 9.18 Å². The molecule has 0 saturated carbocycles. The van der Waals surface area contributed by atoms with Crippen LogP contribution in [-0.4, -0.2) is 23.0 Å². The maximum absolute atomic E-state index is 13.6.